The summed E-state index contributed by atoms with van der Waals surface area (Å²) in [5, 5.41) is 3.65. The Morgan fingerprint density at radius 1 is 0.926 bits per heavy atom. The number of anilines is 3. The number of aryl methyl sites for hydroxylation is 1. The smallest absolute Gasteiger partial charge is 0.227 e. The molecule has 0 unspecified atom stereocenters. The molecule has 2 heterocycles. The predicted molar refractivity (Wildman–Crippen MR) is 113 cm³/mol. The van der Waals surface area contributed by atoms with Gasteiger partial charge in [0.2, 0.25) is 5.95 Å². The van der Waals surface area contributed by atoms with E-state index in [0.29, 0.717) is 6.04 Å². The number of nitrogens with one attached hydrogen (secondary N) is 1. The van der Waals surface area contributed by atoms with Gasteiger partial charge >= 0.3 is 0 Å². The van der Waals surface area contributed by atoms with Gasteiger partial charge in [0.1, 0.15) is 5.82 Å². The molecular formula is C22H31N5. The largest absolute Gasteiger partial charge is 0.368 e. The molecule has 5 nitrogen and oxygen atoms in total. The van der Waals surface area contributed by atoms with Crippen molar-refractivity contribution in [2.45, 2.75) is 51.5 Å². The Balaban J connectivity index is 1.37. The van der Waals surface area contributed by atoms with E-state index in [9.17, 15) is 0 Å². The lowest BCUT2D eigenvalue weighted by molar-refractivity contribution is 0.615. The highest BCUT2D eigenvalue weighted by molar-refractivity contribution is 5.50. The molecule has 0 bridgehead atoms. The van der Waals surface area contributed by atoms with E-state index in [1.807, 2.05) is 12.3 Å². The summed E-state index contributed by atoms with van der Waals surface area (Å²) in [6, 6.07) is 11.3. The van der Waals surface area contributed by atoms with Crippen LogP contribution in [0.2, 0.25) is 0 Å². The van der Waals surface area contributed by atoms with Crippen LogP contribution >= 0.6 is 0 Å². The van der Waals surface area contributed by atoms with E-state index in [-0.39, 0.29) is 0 Å². The first-order chi connectivity index (χ1) is 13.3. The summed E-state index contributed by atoms with van der Waals surface area (Å²) < 4.78 is 0. The third-order valence-corrected chi connectivity index (χ3v) is 5.78. The van der Waals surface area contributed by atoms with Crippen molar-refractivity contribution in [1.29, 1.82) is 0 Å². The Morgan fingerprint density at radius 2 is 1.67 bits per heavy atom. The van der Waals surface area contributed by atoms with Crippen LogP contribution in [0.5, 0.6) is 0 Å². The van der Waals surface area contributed by atoms with Crippen molar-refractivity contribution in [2.24, 2.45) is 0 Å². The van der Waals surface area contributed by atoms with Gasteiger partial charge in [-0.3, -0.25) is 0 Å². The molecule has 2 aliphatic rings. The maximum atomic E-state index is 4.82. The molecule has 5 heteroatoms. The van der Waals surface area contributed by atoms with Gasteiger partial charge in [0.25, 0.3) is 0 Å². The molecule has 2 fully saturated rings. The van der Waals surface area contributed by atoms with E-state index in [1.54, 1.807) is 0 Å². The van der Waals surface area contributed by atoms with Crippen LogP contribution < -0.4 is 15.1 Å². The molecule has 144 valence electrons. The maximum Gasteiger partial charge on any atom is 0.227 e. The van der Waals surface area contributed by atoms with E-state index in [2.05, 4.69) is 51.3 Å². The van der Waals surface area contributed by atoms with Crippen molar-refractivity contribution in [3.63, 3.8) is 0 Å². The first-order valence-electron chi connectivity index (χ1n) is 10.4. The van der Waals surface area contributed by atoms with Gasteiger partial charge in [0, 0.05) is 44.1 Å². The zero-order valence-electron chi connectivity index (χ0n) is 16.4. The number of hydrogen-bond acceptors (Lipinski definition) is 5. The Hall–Kier alpha value is -2.30. The van der Waals surface area contributed by atoms with E-state index in [4.69, 9.17) is 4.98 Å². The van der Waals surface area contributed by atoms with E-state index in [0.717, 1.165) is 37.9 Å². The molecule has 1 aliphatic heterocycles. The monoisotopic (exact) mass is 365 g/mol. The molecular weight excluding hydrogens is 334 g/mol. The van der Waals surface area contributed by atoms with Gasteiger partial charge in [0.15, 0.2) is 0 Å². The Kier molecular flexibility index (Phi) is 5.75. The predicted octanol–water partition coefficient (Wildman–Crippen LogP) is 4.25. The second kappa shape index (κ2) is 8.59. The molecule has 1 aromatic heterocycles. The molecule has 0 atom stereocenters. The Bertz CT molecular complexity index is 731. The molecule has 1 saturated heterocycles. The van der Waals surface area contributed by atoms with Crippen molar-refractivity contribution in [3.8, 4) is 0 Å². The van der Waals surface area contributed by atoms with Crippen molar-refractivity contribution < 1.29 is 0 Å². The van der Waals surface area contributed by atoms with Crippen LogP contribution in [0.25, 0.3) is 0 Å². The Morgan fingerprint density at radius 3 is 2.41 bits per heavy atom. The summed E-state index contributed by atoms with van der Waals surface area (Å²) in [5.74, 6) is 1.84. The van der Waals surface area contributed by atoms with E-state index >= 15 is 0 Å². The van der Waals surface area contributed by atoms with Crippen molar-refractivity contribution >= 4 is 17.5 Å². The highest BCUT2D eigenvalue weighted by Crippen LogP contribution is 2.22. The zero-order valence-corrected chi connectivity index (χ0v) is 16.4. The summed E-state index contributed by atoms with van der Waals surface area (Å²) in [6.45, 7) is 6.09. The first-order valence-corrected chi connectivity index (χ1v) is 10.4. The quantitative estimate of drug-likeness (QED) is 0.821. The lowest BCUT2D eigenvalue weighted by Gasteiger charge is -2.36. The second-order valence-corrected chi connectivity index (χ2v) is 7.89. The van der Waals surface area contributed by atoms with Gasteiger partial charge in [-0.1, -0.05) is 37.8 Å². The molecule has 1 aliphatic carbocycles. The normalized spacial score (nSPS) is 19.0. The third-order valence-electron chi connectivity index (χ3n) is 5.78. The lowest BCUT2D eigenvalue weighted by Crippen LogP contribution is -2.47. The molecule has 1 N–H and O–H groups in total. The Labute approximate surface area is 162 Å². The molecule has 1 saturated carbocycles. The molecule has 2 aromatic rings. The summed E-state index contributed by atoms with van der Waals surface area (Å²) in [7, 11) is 0. The standard InChI is InChI=1S/C22H31N5/c1-18-7-6-10-20(17-18)26-13-15-27(16-14-26)22-23-12-11-21(25-22)24-19-8-4-2-3-5-9-19/h6-7,10-12,17,19H,2-5,8-9,13-16H2,1H3,(H,23,24,25). The van der Waals surface area contributed by atoms with Crippen LogP contribution in [0.1, 0.15) is 44.1 Å². The number of aromatic nitrogens is 2. The molecule has 27 heavy (non-hydrogen) atoms. The fraction of sp³-hybridized carbons (Fsp3) is 0.545. The number of benzene rings is 1. The molecule has 0 radical (unpaired) electrons. The SMILES string of the molecule is Cc1cccc(N2CCN(c3nccc(NC4CCCCCC4)n3)CC2)c1. The highest BCUT2D eigenvalue weighted by atomic mass is 15.3. The minimum Gasteiger partial charge on any atom is -0.368 e. The molecule has 1 aromatic carbocycles. The summed E-state index contributed by atoms with van der Waals surface area (Å²) in [6.07, 6.45) is 9.82. The van der Waals surface area contributed by atoms with Crippen LogP contribution in [-0.2, 0) is 0 Å². The topological polar surface area (TPSA) is 44.3 Å². The highest BCUT2D eigenvalue weighted by Gasteiger charge is 2.20. The van der Waals surface area contributed by atoms with Crippen molar-refractivity contribution in [1.82, 2.24) is 9.97 Å². The third kappa shape index (κ3) is 4.71. The molecule has 0 spiro atoms. The van der Waals surface area contributed by atoms with Crippen molar-refractivity contribution in [2.75, 3.05) is 41.3 Å². The van der Waals surface area contributed by atoms with Crippen LogP contribution in [0, 0.1) is 6.92 Å². The number of nitrogens with zero attached hydrogens (tertiary/aromatic N) is 4. The summed E-state index contributed by atoms with van der Waals surface area (Å²) >= 11 is 0. The minimum atomic E-state index is 0.563. The first kappa shape index (κ1) is 18.1. The van der Waals surface area contributed by atoms with E-state index < -0.39 is 0 Å². The van der Waals surface area contributed by atoms with Gasteiger partial charge in [-0.15, -0.1) is 0 Å². The average molecular weight is 366 g/mol. The van der Waals surface area contributed by atoms with Gasteiger partial charge in [0.05, 0.1) is 0 Å². The number of hydrogen-bond donors (Lipinski definition) is 1. The fourth-order valence-electron chi connectivity index (χ4n) is 4.20. The van der Waals surface area contributed by atoms with Crippen molar-refractivity contribution in [3.05, 3.63) is 42.1 Å². The number of piperazine rings is 1. The van der Waals surface area contributed by atoms with Gasteiger partial charge in [-0.25, -0.2) is 4.98 Å². The van der Waals surface area contributed by atoms with Gasteiger partial charge in [-0.05, 0) is 43.5 Å². The van der Waals surface area contributed by atoms with Crippen LogP contribution in [0.15, 0.2) is 36.5 Å². The van der Waals surface area contributed by atoms with Crippen LogP contribution in [-0.4, -0.2) is 42.2 Å². The maximum absolute atomic E-state index is 4.82. The fourth-order valence-corrected chi connectivity index (χ4v) is 4.20. The zero-order chi connectivity index (χ0) is 18.5. The summed E-state index contributed by atoms with van der Waals surface area (Å²) in [4.78, 5) is 14.1. The number of rotatable bonds is 4. The summed E-state index contributed by atoms with van der Waals surface area (Å²) in [5.41, 5.74) is 2.63. The van der Waals surface area contributed by atoms with Crippen LogP contribution in [0.3, 0.4) is 0 Å². The molecule has 0 amide bonds. The second-order valence-electron chi connectivity index (χ2n) is 7.89. The van der Waals surface area contributed by atoms with Gasteiger partial charge < -0.3 is 15.1 Å². The minimum absolute atomic E-state index is 0.563. The molecule has 4 rings (SSSR count). The van der Waals surface area contributed by atoms with E-state index in [1.165, 1.54) is 49.8 Å². The van der Waals surface area contributed by atoms with Gasteiger partial charge in [-0.2, -0.15) is 4.98 Å². The van der Waals surface area contributed by atoms with Crippen LogP contribution in [0.4, 0.5) is 17.5 Å². The average Bonchev–Trinajstić information content (AvgIpc) is 2.97. The lowest BCUT2D eigenvalue weighted by atomic mass is 10.1.